The molecule has 1 atom stereocenters. The fourth-order valence-electron chi connectivity index (χ4n) is 4.29. The van der Waals surface area contributed by atoms with Crippen LogP contribution in [0.15, 0.2) is 90.2 Å². The summed E-state index contributed by atoms with van der Waals surface area (Å²) < 4.78 is 7.57. The first-order chi connectivity index (χ1) is 16.5. The lowest BCUT2D eigenvalue weighted by atomic mass is 9.86. The lowest BCUT2D eigenvalue weighted by Gasteiger charge is -2.35. The maximum atomic E-state index is 6.05. The van der Waals surface area contributed by atoms with Gasteiger partial charge < -0.3 is 20.4 Å². The van der Waals surface area contributed by atoms with Gasteiger partial charge in [-0.25, -0.2) is 9.98 Å². The van der Waals surface area contributed by atoms with Gasteiger partial charge in [-0.15, -0.1) is 0 Å². The topological polar surface area (TPSA) is 80.7 Å². The number of aromatic nitrogens is 2. The molecule has 1 saturated heterocycles. The molecule has 4 rings (SSSR count). The van der Waals surface area contributed by atoms with E-state index in [-0.39, 0.29) is 5.92 Å². The monoisotopic (exact) mass is 456 g/mol. The number of ether oxygens (including phenoxy) is 1. The van der Waals surface area contributed by atoms with Crippen LogP contribution in [0.2, 0.25) is 0 Å². The summed E-state index contributed by atoms with van der Waals surface area (Å²) in [5.41, 5.74) is 11.9. The number of likely N-dealkylation sites (N-methyl/N-ethyl adjacent to an activating group) is 1. The lowest BCUT2D eigenvalue weighted by molar-refractivity contribution is 0.299. The number of benzene rings is 2. The van der Waals surface area contributed by atoms with Crippen LogP contribution in [0.5, 0.6) is 5.75 Å². The summed E-state index contributed by atoms with van der Waals surface area (Å²) in [7, 11) is 1.66. The van der Waals surface area contributed by atoms with Crippen molar-refractivity contribution in [1.29, 1.82) is 0 Å². The number of aliphatic imine (C=N–C) groups is 1. The first-order valence-corrected chi connectivity index (χ1v) is 11.4. The van der Waals surface area contributed by atoms with Crippen LogP contribution >= 0.6 is 0 Å². The average molecular weight is 457 g/mol. The number of anilines is 1. The zero-order chi connectivity index (χ0) is 24.1. The summed E-state index contributed by atoms with van der Waals surface area (Å²) in [6.45, 7) is 10.9. The molecule has 2 aromatic carbocycles. The number of aryl methyl sites for hydroxylation is 1. The third-order valence-corrected chi connectivity index (χ3v) is 6.06. The van der Waals surface area contributed by atoms with Gasteiger partial charge in [0, 0.05) is 48.7 Å². The average Bonchev–Trinajstić information content (AvgIpc) is 3.30. The van der Waals surface area contributed by atoms with Crippen molar-refractivity contribution in [2.24, 2.45) is 10.7 Å². The largest absolute Gasteiger partial charge is 0.494 e. The van der Waals surface area contributed by atoms with Crippen LogP contribution in [0, 0.1) is 6.92 Å². The van der Waals surface area contributed by atoms with Crippen molar-refractivity contribution in [1.82, 2.24) is 14.5 Å². The zero-order valence-corrected chi connectivity index (χ0v) is 20.0. The number of hydrogen-bond acceptors (Lipinski definition) is 6. The molecule has 0 aliphatic carbocycles. The Morgan fingerprint density at radius 1 is 1.29 bits per heavy atom. The third kappa shape index (κ3) is 5.05. The van der Waals surface area contributed by atoms with Crippen molar-refractivity contribution in [3.05, 3.63) is 96.5 Å². The summed E-state index contributed by atoms with van der Waals surface area (Å²) >= 11 is 0. The highest BCUT2D eigenvalue weighted by atomic mass is 16.5. The molecule has 1 unspecified atom stereocenters. The second kappa shape index (κ2) is 10.4. The van der Waals surface area contributed by atoms with E-state index in [0.29, 0.717) is 5.82 Å². The Bertz CT molecular complexity index is 1210. The van der Waals surface area contributed by atoms with Gasteiger partial charge in [-0.3, -0.25) is 4.90 Å². The van der Waals surface area contributed by atoms with Gasteiger partial charge in [0.15, 0.2) is 0 Å². The number of imidazole rings is 1. The van der Waals surface area contributed by atoms with Crippen molar-refractivity contribution in [2.45, 2.75) is 19.8 Å². The van der Waals surface area contributed by atoms with Gasteiger partial charge in [0.1, 0.15) is 11.6 Å². The second-order valence-corrected chi connectivity index (χ2v) is 8.36. The lowest BCUT2D eigenvalue weighted by Crippen LogP contribution is -2.41. The van der Waals surface area contributed by atoms with E-state index in [1.807, 2.05) is 42.0 Å². The van der Waals surface area contributed by atoms with Gasteiger partial charge in [-0.2, -0.15) is 0 Å². The van der Waals surface area contributed by atoms with Crippen LogP contribution in [0.3, 0.4) is 0 Å². The molecule has 0 bridgehead atoms. The van der Waals surface area contributed by atoms with E-state index in [4.69, 9.17) is 15.5 Å². The molecule has 3 aromatic rings. The van der Waals surface area contributed by atoms with E-state index in [2.05, 4.69) is 53.0 Å². The molecule has 34 heavy (non-hydrogen) atoms. The highest BCUT2D eigenvalue weighted by Gasteiger charge is 2.30. The summed E-state index contributed by atoms with van der Waals surface area (Å²) in [5.74, 6) is 1.39. The smallest absolute Gasteiger partial charge is 0.144 e. The van der Waals surface area contributed by atoms with E-state index in [1.165, 1.54) is 5.56 Å². The number of piperidine rings is 1. The number of hydrogen-bond donors (Lipinski definition) is 2. The van der Waals surface area contributed by atoms with Crippen LogP contribution in [0.4, 0.5) is 5.69 Å². The van der Waals surface area contributed by atoms with E-state index < -0.39 is 0 Å². The third-order valence-electron chi connectivity index (χ3n) is 6.06. The van der Waals surface area contributed by atoms with Gasteiger partial charge in [-0.05, 0) is 31.2 Å². The highest BCUT2D eigenvalue weighted by molar-refractivity contribution is 6.06. The standard InChI is InChI=1S/C27H32N6O/c1-5-32-16-22(14-28)27(24(17-32)21-9-7-6-8-10-21)31-20(3)30-23-11-12-25(26(13-23)34-4)33-15-19(2)29-18-33/h6-15,18,24,30H,3,5,16-17,28H2,1-2,4H3/b22-14-,31-27+. The van der Waals surface area contributed by atoms with Gasteiger partial charge in [0.05, 0.1) is 30.5 Å². The Morgan fingerprint density at radius 3 is 2.74 bits per heavy atom. The van der Waals surface area contributed by atoms with Gasteiger partial charge >= 0.3 is 0 Å². The molecule has 0 spiro atoms. The van der Waals surface area contributed by atoms with E-state index in [0.717, 1.165) is 53.7 Å². The summed E-state index contributed by atoms with van der Waals surface area (Å²) in [5, 5.41) is 3.32. The quantitative estimate of drug-likeness (QED) is 0.548. The molecule has 1 aliphatic rings. The van der Waals surface area contributed by atoms with Crippen molar-refractivity contribution < 1.29 is 4.74 Å². The molecule has 1 aromatic heterocycles. The van der Waals surface area contributed by atoms with Crippen LogP contribution in [0.25, 0.3) is 5.69 Å². The molecule has 0 radical (unpaired) electrons. The number of rotatable bonds is 7. The predicted molar refractivity (Wildman–Crippen MR) is 139 cm³/mol. The van der Waals surface area contributed by atoms with Crippen LogP contribution in [0.1, 0.15) is 24.1 Å². The van der Waals surface area contributed by atoms with Gasteiger partial charge in [0.25, 0.3) is 0 Å². The van der Waals surface area contributed by atoms with E-state index in [1.54, 1.807) is 19.6 Å². The molecule has 1 fully saturated rings. The molecular formula is C27H32N6O. The summed E-state index contributed by atoms with van der Waals surface area (Å²) in [6, 6.07) is 16.3. The van der Waals surface area contributed by atoms with Crippen molar-refractivity contribution in [2.75, 3.05) is 32.1 Å². The molecule has 176 valence electrons. The number of nitrogens with zero attached hydrogens (tertiary/aromatic N) is 4. The molecule has 0 amide bonds. The number of methoxy groups -OCH3 is 1. The number of nitrogens with two attached hydrogens (primary N) is 1. The van der Waals surface area contributed by atoms with E-state index in [9.17, 15) is 0 Å². The Morgan fingerprint density at radius 2 is 2.09 bits per heavy atom. The minimum absolute atomic E-state index is 0.115. The summed E-state index contributed by atoms with van der Waals surface area (Å²) in [4.78, 5) is 11.6. The van der Waals surface area contributed by atoms with Gasteiger partial charge in [0.2, 0.25) is 0 Å². The molecule has 3 N–H and O–H groups in total. The first kappa shape index (κ1) is 23.3. The normalized spacial score (nSPS) is 18.9. The summed E-state index contributed by atoms with van der Waals surface area (Å²) in [6.07, 6.45) is 5.41. The Labute approximate surface area is 201 Å². The molecular weight excluding hydrogens is 424 g/mol. The maximum absolute atomic E-state index is 6.05. The van der Waals surface area contributed by atoms with Crippen molar-refractivity contribution in [3.8, 4) is 11.4 Å². The zero-order valence-electron chi connectivity index (χ0n) is 20.0. The minimum Gasteiger partial charge on any atom is -0.494 e. The number of nitrogens with one attached hydrogen (secondary N) is 1. The molecule has 1 aliphatic heterocycles. The molecule has 7 heteroatoms. The fraction of sp³-hybridized carbons (Fsp3) is 0.259. The Balaban J connectivity index is 1.61. The van der Waals surface area contributed by atoms with Crippen LogP contribution in [-0.2, 0) is 0 Å². The predicted octanol–water partition coefficient (Wildman–Crippen LogP) is 4.48. The van der Waals surface area contributed by atoms with Crippen molar-refractivity contribution >= 4 is 11.4 Å². The molecule has 2 heterocycles. The van der Waals surface area contributed by atoms with Crippen LogP contribution in [-0.4, -0.2) is 46.9 Å². The van der Waals surface area contributed by atoms with Crippen molar-refractivity contribution in [3.63, 3.8) is 0 Å². The Hall–Kier alpha value is -3.84. The first-order valence-electron chi connectivity index (χ1n) is 11.4. The molecule has 0 saturated carbocycles. The van der Waals surface area contributed by atoms with Crippen LogP contribution < -0.4 is 15.8 Å². The second-order valence-electron chi connectivity index (χ2n) is 8.36. The molecule has 7 nitrogen and oxygen atoms in total. The minimum atomic E-state index is 0.115. The Kier molecular flexibility index (Phi) is 7.13. The van der Waals surface area contributed by atoms with Gasteiger partial charge in [-0.1, -0.05) is 43.8 Å². The van der Waals surface area contributed by atoms with E-state index >= 15 is 0 Å². The maximum Gasteiger partial charge on any atom is 0.144 e. The SMILES string of the molecule is C=C(/N=C1\C(=C/N)CN(CC)CC1c1ccccc1)Nc1ccc(-n2cnc(C)c2)c(OC)c1. The fourth-order valence-corrected chi connectivity index (χ4v) is 4.29. The highest BCUT2D eigenvalue weighted by Crippen LogP contribution is 2.30. The number of likely N-dealkylation sites (tertiary alicyclic amines) is 1.